The van der Waals surface area contributed by atoms with E-state index in [1.807, 2.05) is 0 Å². The highest BCUT2D eigenvalue weighted by Crippen LogP contribution is 2.21. The number of benzene rings is 1. The van der Waals surface area contributed by atoms with Crippen LogP contribution in [0.1, 0.15) is 36.5 Å². The molecule has 23 heavy (non-hydrogen) atoms. The highest BCUT2D eigenvalue weighted by atomic mass is 32.2. The van der Waals surface area contributed by atoms with Gasteiger partial charge in [0.2, 0.25) is 10.0 Å². The molecule has 2 rings (SSSR count). The van der Waals surface area contributed by atoms with E-state index in [2.05, 4.69) is 5.32 Å². The number of carboxylic acids is 1. The second kappa shape index (κ2) is 7.10. The lowest BCUT2D eigenvalue weighted by Gasteiger charge is -2.26. The summed E-state index contributed by atoms with van der Waals surface area (Å²) < 4.78 is 26.6. The molecule has 2 N–H and O–H groups in total. The minimum atomic E-state index is -3.63. The van der Waals surface area contributed by atoms with Crippen LogP contribution in [0.5, 0.6) is 0 Å². The molecule has 7 nitrogen and oxygen atoms in total. The summed E-state index contributed by atoms with van der Waals surface area (Å²) in [5.41, 5.74) is 0.121. The van der Waals surface area contributed by atoms with Gasteiger partial charge in [-0.05, 0) is 38.0 Å². The van der Waals surface area contributed by atoms with Crippen LogP contribution in [-0.2, 0) is 14.8 Å². The third-order valence-corrected chi connectivity index (χ3v) is 5.66. The summed E-state index contributed by atoms with van der Waals surface area (Å²) in [6.45, 7) is 2.30. The lowest BCUT2D eigenvalue weighted by Crippen LogP contribution is -2.38. The molecule has 0 radical (unpaired) electrons. The van der Waals surface area contributed by atoms with Crippen molar-refractivity contribution in [3.8, 4) is 0 Å². The maximum Gasteiger partial charge on any atom is 0.325 e. The summed E-state index contributed by atoms with van der Waals surface area (Å²) >= 11 is 0. The number of sulfonamides is 1. The predicted molar refractivity (Wildman–Crippen MR) is 83.6 cm³/mol. The molecular weight excluding hydrogens is 320 g/mol. The lowest BCUT2D eigenvalue weighted by molar-refractivity contribution is -0.138. The molecule has 1 saturated heterocycles. The van der Waals surface area contributed by atoms with Gasteiger partial charge in [0.05, 0.1) is 4.90 Å². The molecule has 1 atom stereocenters. The lowest BCUT2D eigenvalue weighted by atomic mass is 10.2. The van der Waals surface area contributed by atoms with E-state index in [1.165, 1.54) is 35.5 Å². The highest BCUT2D eigenvalue weighted by molar-refractivity contribution is 7.89. The number of rotatable bonds is 5. The number of carbonyl (C=O) groups is 2. The number of hydrogen-bond donors (Lipinski definition) is 2. The molecule has 1 heterocycles. The van der Waals surface area contributed by atoms with Gasteiger partial charge in [0.15, 0.2) is 0 Å². The van der Waals surface area contributed by atoms with Gasteiger partial charge in [0.25, 0.3) is 5.91 Å². The van der Waals surface area contributed by atoms with Gasteiger partial charge < -0.3 is 10.4 Å². The Kier molecular flexibility index (Phi) is 5.38. The molecule has 0 unspecified atom stereocenters. The monoisotopic (exact) mass is 340 g/mol. The number of amides is 1. The summed E-state index contributed by atoms with van der Waals surface area (Å²) in [6.07, 6.45) is 2.67. The van der Waals surface area contributed by atoms with Crippen LogP contribution in [0, 0.1) is 0 Å². The SMILES string of the molecule is C[C@@H](NC(=O)c1cccc(S(=O)(=O)N2CCCCC2)c1)C(=O)O. The van der Waals surface area contributed by atoms with E-state index >= 15 is 0 Å². The van der Waals surface area contributed by atoms with Crippen molar-refractivity contribution in [2.24, 2.45) is 0 Å². The van der Waals surface area contributed by atoms with Crippen LogP contribution in [0.3, 0.4) is 0 Å². The second-order valence-electron chi connectivity index (χ2n) is 5.53. The van der Waals surface area contributed by atoms with E-state index < -0.39 is 27.9 Å². The highest BCUT2D eigenvalue weighted by Gasteiger charge is 2.26. The second-order valence-corrected chi connectivity index (χ2v) is 7.46. The zero-order valence-electron chi connectivity index (χ0n) is 12.9. The first-order valence-corrected chi connectivity index (χ1v) is 8.90. The van der Waals surface area contributed by atoms with Crippen molar-refractivity contribution in [2.45, 2.75) is 37.1 Å². The molecular formula is C15H20N2O5S. The largest absolute Gasteiger partial charge is 0.480 e. The number of nitrogens with zero attached hydrogens (tertiary/aromatic N) is 1. The Morgan fingerprint density at radius 1 is 1.22 bits per heavy atom. The zero-order chi connectivity index (χ0) is 17.0. The first kappa shape index (κ1) is 17.4. The topological polar surface area (TPSA) is 104 Å². The normalized spacial score (nSPS) is 17.4. The van der Waals surface area contributed by atoms with E-state index in [1.54, 1.807) is 0 Å². The van der Waals surface area contributed by atoms with Gasteiger partial charge in [0.1, 0.15) is 6.04 Å². The van der Waals surface area contributed by atoms with E-state index in [4.69, 9.17) is 5.11 Å². The van der Waals surface area contributed by atoms with Crippen molar-refractivity contribution in [1.29, 1.82) is 0 Å². The van der Waals surface area contributed by atoms with Crippen LogP contribution in [0.2, 0.25) is 0 Å². The van der Waals surface area contributed by atoms with Crippen molar-refractivity contribution in [3.63, 3.8) is 0 Å². The standard InChI is InChI=1S/C15H20N2O5S/c1-11(15(19)20)16-14(18)12-6-5-7-13(10-12)23(21,22)17-8-3-2-4-9-17/h5-7,10-11H,2-4,8-9H2,1H3,(H,16,18)(H,19,20)/t11-/m1/s1. The first-order chi connectivity index (χ1) is 10.8. The zero-order valence-corrected chi connectivity index (χ0v) is 13.7. The molecule has 0 saturated carbocycles. The molecule has 1 aromatic carbocycles. The molecule has 0 bridgehead atoms. The van der Waals surface area contributed by atoms with E-state index in [9.17, 15) is 18.0 Å². The van der Waals surface area contributed by atoms with Crippen LogP contribution in [0.15, 0.2) is 29.2 Å². The Balaban J connectivity index is 2.22. The Morgan fingerprint density at radius 3 is 2.48 bits per heavy atom. The van der Waals surface area contributed by atoms with Crippen LogP contribution in [0.25, 0.3) is 0 Å². The molecule has 1 aromatic rings. The number of carbonyl (C=O) groups excluding carboxylic acids is 1. The fourth-order valence-electron chi connectivity index (χ4n) is 2.39. The Morgan fingerprint density at radius 2 is 1.87 bits per heavy atom. The number of piperidine rings is 1. The third-order valence-electron chi connectivity index (χ3n) is 3.77. The fraction of sp³-hybridized carbons (Fsp3) is 0.467. The summed E-state index contributed by atoms with van der Waals surface area (Å²) in [4.78, 5) is 22.9. The Bertz CT molecular complexity index is 696. The average molecular weight is 340 g/mol. The van der Waals surface area contributed by atoms with Crippen LogP contribution < -0.4 is 5.32 Å². The first-order valence-electron chi connectivity index (χ1n) is 7.46. The van der Waals surface area contributed by atoms with Crippen LogP contribution in [-0.4, -0.2) is 48.8 Å². The summed E-state index contributed by atoms with van der Waals surface area (Å²) in [6, 6.07) is 4.62. The molecule has 0 spiro atoms. The maximum atomic E-state index is 12.6. The van der Waals surface area contributed by atoms with Crippen molar-refractivity contribution in [2.75, 3.05) is 13.1 Å². The summed E-state index contributed by atoms with van der Waals surface area (Å²) in [7, 11) is -3.63. The number of carboxylic acid groups (broad SMARTS) is 1. The van der Waals surface area contributed by atoms with Crippen molar-refractivity contribution in [3.05, 3.63) is 29.8 Å². The van der Waals surface area contributed by atoms with Crippen molar-refractivity contribution >= 4 is 21.9 Å². The quantitative estimate of drug-likeness (QED) is 0.834. The van der Waals surface area contributed by atoms with Crippen LogP contribution >= 0.6 is 0 Å². The molecule has 1 aliphatic heterocycles. The van der Waals surface area contributed by atoms with E-state index in [0.29, 0.717) is 13.1 Å². The molecule has 126 valence electrons. The number of nitrogens with one attached hydrogen (secondary N) is 1. The van der Waals surface area contributed by atoms with E-state index in [-0.39, 0.29) is 10.5 Å². The molecule has 8 heteroatoms. The van der Waals surface area contributed by atoms with Gasteiger partial charge in [-0.1, -0.05) is 12.5 Å². The van der Waals surface area contributed by atoms with E-state index in [0.717, 1.165) is 19.3 Å². The van der Waals surface area contributed by atoms with Gasteiger partial charge in [0, 0.05) is 18.7 Å². The van der Waals surface area contributed by atoms with Crippen molar-refractivity contribution in [1.82, 2.24) is 9.62 Å². The number of hydrogen-bond acceptors (Lipinski definition) is 4. The molecule has 1 aliphatic rings. The fourth-order valence-corrected chi connectivity index (χ4v) is 3.96. The number of aliphatic carboxylic acids is 1. The minimum Gasteiger partial charge on any atom is -0.480 e. The van der Waals surface area contributed by atoms with Gasteiger partial charge in [-0.2, -0.15) is 4.31 Å². The van der Waals surface area contributed by atoms with Gasteiger partial charge in [-0.25, -0.2) is 8.42 Å². The average Bonchev–Trinajstić information content (AvgIpc) is 2.55. The summed E-state index contributed by atoms with van der Waals surface area (Å²) in [5.74, 6) is -1.77. The smallest absolute Gasteiger partial charge is 0.325 e. The van der Waals surface area contributed by atoms with Gasteiger partial charge in [-0.3, -0.25) is 9.59 Å². The molecule has 1 amide bonds. The minimum absolute atomic E-state index is 0.0510. The molecule has 0 aromatic heterocycles. The predicted octanol–water partition coefficient (Wildman–Crippen LogP) is 1.06. The third kappa shape index (κ3) is 4.08. The van der Waals surface area contributed by atoms with Crippen molar-refractivity contribution < 1.29 is 23.1 Å². The summed E-state index contributed by atoms with van der Waals surface area (Å²) in [5, 5.41) is 11.1. The Labute approximate surface area is 135 Å². The maximum absolute atomic E-state index is 12.6. The van der Waals surface area contributed by atoms with Gasteiger partial charge >= 0.3 is 5.97 Å². The van der Waals surface area contributed by atoms with Gasteiger partial charge in [-0.15, -0.1) is 0 Å². The molecule has 1 fully saturated rings. The Hall–Kier alpha value is -1.93. The molecule has 0 aliphatic carbocycles. The van der Waals surface area contributed by atoms with Crippen LogP contribution in [0.4, 0.5) is 0 Å².